The van der Waals surface area contributed by atoms with Gasteiger partial charge in [0.05, 0.1) is 0 Å². The minimum absolute atomic E-state index is 0.675. The van der Waals surface area contributed by atoms with Gasteiger partial charge >= 0.3 is 0 Å². The van der Waals surface area contributed by atoms with Gasteiger partial charge in [-0.05, 0) is 52.6 Å². The van der Waals surface area contributed by atoms with E-state index in [1.807, 2.05) is 0 Å². The van der Waals surface area contributed by atoms with Crippen molar-refractivity contribution < 1.29 is 4.74 Å². The van der Waals surface area contributed by atoms with Crippen molar-refractivity contribution in [3.63, 3.8) is 0 Å². The Morgan fingerprint density at radius 1 is 0.864 bits per heavy atom. The van der Waals surface area contributed by atoms with Crippen molar-refractivity contribution in [3.8, 4) is 16.9 Å². The minimum Gasteiger partial charge on any atom is -0.488 e. The molecule has 0 atom stereocenters. The smallest absolute Gasteiger partial charge is 0.135 e. The molecule has 5 rings (SSSR count). The Bertz CT molecular complexity index is 963. The highest BCUT2D eigenvalue weighted by Gasteiger charge is 2.28. The van der Waals surface area contributed by atoms with Crippen LogP contribution in [0.15, 0.2) is 54.6 Å². The largest absolute Gasteiger partial charge is 0.488 e. The van der Waals surface area contributed by atoms with Crippen molar-refractivity contribution in [2.24, 2.45) is 0 Å². The van der Waals surface area contributed by atoms with Crippen molar-refractivity contribution in [1.29, 1.82) is 0 Å². The van der Waals surface area contributed by atoms with E-state index in [0.29, 0.717) is 6.61 Å². The summed E-state index contributed by atoms with van der Waals surface area (Å²) in [4.78, 5) is 0. The van der Waals surface area contributed by atoms with Crippen LogP contribution in [-0.4, -0.2) is 6.61 Å². The molecule has 0 amide bonds. The van der Waals surface area contributed by atoms with E-state index in [1.165, 1.54) is 44.2 Å². The minimum atomic E-state index is 0.675. The predicted molar refractivity (Wildman–Crippen MR) is 91.3 cm³/mol. The second kappa shape index (κ2) is 4.23. The Kier molecular flexibility index (Phi) is 2.32. The highest BCUT2D eigenvalue weighted by atomic mass is 16.5. The Balaban J connectivity index is 2.00. The van der Waals surface area contributed by atoms with Gasteiger partial charge in [-0.1, -0.05) is 48.5 Å². The van der Waals surface area contributed by atoms with Gasteiger partial charge in [-0.3, -0.25) is 0 Å². The molecule has 1 heteroatoms. The summed E-state index contributed by atoms with van der Waals surface area (Å²) in [7, 11) is 0. The van der Waals surface area contributed by atoms with Crippen LogP contribution in [0.2, 0.25) is 0 Å². The third-order valence-electron chi connectivity index (χ3n) is 4.94. The topological polar surface area (TPSA) is 9.23 Å². The zero-order valence-electron chi connectivity index (χ0n) is 12.5. The standard InChI is InChI=1S/C21H16O/c1-13-10-11-22-21-17-9-5-4-8-16(17)20-15-7-3-2-6-14(15)12-18(20)19(13)21/h2-10H,11-12H2,1H3. The van der Waals surface area contributed by atoms with Gasteiger partial charge in [-0.15, -0.1) is 0 Å². The van der Waals surface area contributed by atoms with Crippen molar-refractivity contribution in [2.75, 3.05) is 6.61 Å². The van der Waals surface area contributed by atoms with Crippen molar-refractivity contribution in [2.45, 2.75) is 13.3 Å². The highest BCUT2D eigenvalue weighted by Crippen LogP contribution is 2.50. The summed E-state index contributed by atoms with van der Waals surface area (Å²) in [6.45, 7) is 2.88. The van der Waals surface area contributed by atoms with Crippen molar-refractivity contribution in [1.82, 2.24) is 0 Å². The lowest BCUT2D eigenvalue weighted by molar-refractivity contribution is 0.361. The van der Waals surface area contributed by atoms with E-state index >= 15 is 0 Å². The first-order valence-electron chi connectivity index (χ1n) is 7.80. The monoisotopic (exact) mass is 284 g/mol. The first kappa shape index (κ1) is 12.0. The molecule has 106 valence electrons. The quantitative estimate of drug-likeness (QED) is 0.431. The summed E-state index contributed by atoms with van der Waals surface area (Å²) >= 11 is 0. The summed E-state index contributed by atoms with van der Waals surface area (Å²) in [6, 6.07) is 17.4. The van der Waals surface area contributed by atoms with Gasteiger partial charge in [-0.2, -0.15) is 0 Å². The lowest BCUT2D eigenvalue weighted by Gasteiger charge is -2.23. The Hall–Kier alpha value is -2.54. The van der Waals surface area contributed by atoms with Gasteiger partial charge in [0, 0.05) is 10.9 Å². The van der Waals surface area contributed by atoms with E-state index in [1.54, 1.807) is 0 Å². The molecule has 3 aromatic carbocycles. The van der Waals surface area contributed by atoms with E-state index < -0.39 is 0 Å². The van der Waals surface area contributed by atoms with Crippen LogP contribution in [0.5, 0.6) is 5.75 Å². The molecule has 0 fully saturated rings. The highest BCUT2D eigenvalue weighted by molar-refractivity contribution is 6.07. The molecule has 0 spiro atoms. The molecule has 0 aromatic heterocycles. The number of fused-ring (bicyclic) bond motifs is 8. The van der Waals surface area contributed by atoms with Crippen LogP contribution in [0.4, 0.5) is 0 Å². The van der Waals surface area contributed by atoms with Crippen molar-refractivity contribution in [3.05, 3.63) is 71.3 Å². The Morgan fingerprint density at radius 2 is 1.64 bits per heavy atom. The van der Waals surface area contributed by atoms with Crippen LogP contribution in [0, 0.1) is 0 Å². The molecule has 1 heterocycles. The lowest BCUT2D eigenvalue weighted by Crippen LogP contribution is -2.07. The van der Waals surface area contributed by atoms with Gasteiger partial charge in [0.2, 0.25) is 0 Å². The maximum atomic E-state index is 6.05. The molecule has 0 saturated carbocycles. The third kappa shape index (κ3) is 1.43. The summed E-state index contributed by atoms with van der Waals surface area (Å²) in [5.41, 5.74) is 8.31. The number of rotatable bonds is 0. The average Bonchev–Trinajstić information content (AvgIpc) is 2.94. The Morgan fingerprint density at radius 3 is 2.55 bits per heavy atom. The van der Waals surface area contributed by atoms with Crippen LogP contribution in [0.3, 0.4) is 0 Å². The number of benzene rings is 3. The molecule has 0 bridgehead atoms. The molecule has 22 heavy (non-hydrogen) atoms. The number of ether oxygens (including phenoxy) is 1. The Labute approximate surface area is 129 Å². The molecule has 1 aliphatic carbocycles. The zero-order valence-corrected chi connectivity index (χ0v) is 12.5. The third-order valence-corrected chi connectivity index (χ3v) is 4.94. The molecule has 0 unspecified atom stereocenters. The average molecular weight is 284 g/mol. The van der Waals surface area contributed by atoms with E-state index in [4.69, 9.17) is 4.74 Å². The summed E-state index contributed by atoms with van der Waals surface area (Å²) < 4.78 is 6.05. The molecular weight excluding hydrogens is 268 g/mol. The van der Waals surface area contributed by atoms with E-state index in [0.717, 1.165) is 12.2 Å². The van der Waals surface area contributed by atoms with Crippen LogP contribution in [0.1, 0.15) is 23.6 Å². The SMILES string of the molecule is CC1=CCOc2c1c1c(c3ccccc23)-c2ccccc2C1. The van der Waals surface area contributed by atoms with Gasteiger partial charge < -0.3 is 4.74 Å². The summed E-state index contributed by atoms with van der Waals surface area (Å²) in [6.07, 6.45) is 3.20. The fraction of sp³-hybridized carbons (Fsp3) is 0.143. The molecule has 0 radical (unpaired) electrons. The van der Waals surface area contributed by atoms with Crippen LogP contribution < -0.4 is 4.74 Å². The van der Waals surface area contributed by atoms with E-state index in [9.17, 15) is 0 Å². The van der Waals surface area contributed by atoms with Crippen molar-refractivity contribution >= 4 is 16.3 Å². The van der Waals surface area contributed by atoms with Gasteiger partial charge in [-0.25, -0.2) is 0 Å². The maximum Gasteiger partial charge on any atom is 0.135 e. The van der Waals surface area contributed by atoms with Gasteiger partial charge in [0.15, 0.2) is 0 Å². The molecule has 1 nitrogen and oxygen atoms in total. The van der Waals surface area contributed by atoms with E-state index in [2.05, 4.69) is 61.5 Å². The second-order valence-corrected chi connectivity index (χ2v) is 6.14. The van der Waals surface area contributed by atoms with Gasteiger partial charge in [0.1, 0.15) is 12.4 Å². The second-order valence-electron chi connectivity index (χ2n) is 6.14. The normalized spacial score (nSPS) is 14.9. The van der Waals surface area contributed by atoms with Crippen LogP contribution in [-0.2, 0) is 6.42 Å². The van der Waals surface area contributed by atoms with Gasteiger partial charge in [0.25, 0.3) is 0 Å². The lowest BCUT2D eigenvalue weighted by atomic mass is 9.89. The fourth-order valence-corrected chi connectivity index (χ4v) is 3.97. The molecule has 0 N–H and O–H groups in total. The predicted octanol–water partition coefficient (Wildman–Crippen LogP) is 5.21. The summed E-state index contributed by atoms with van der Waals surface area (Å²) in [5.74, 6) is 1.07. The number of hydrogen-bond donors (Lipinski definition) is 0. The zero-order chi connectivity index (χ0) is 14.7. The molecular formula is C21H16O. The molecule has 2 aliphatic rings. The van der Waals surface area contributed by atoms with E-state index in [-0.39, 0.29) is 0 Å². The number of allylic oxidation sites excluding steroid dienone is 1. The molecule has 3 aromatic rings. The first-order chi connectivity index (χ1) is 10.8. The van der Waals surface area contributed by atoms with Crippen LogP contribution in [0.25, 0.3) is 27.5 Å². The molecule has 0 saturated heterocycles. The summed E-state index contributed by atoms with van der Waals surface area (Å²) in [5, 5.41) is 2.55. The molecule has 1 aliphatic heterocycles. The first-order valence-corrected chi connectivity index (χ1v) is 7.80. The maximum absolute atomic E-state index is 6.05. The van der Waals surface area contributed by atoms with Crippen LogP contribution >= 0.6 is 0 Å². The fourth-order valence-electron chi connectivity index (χ4n) is 3.97. The number of hydrogen-bond acceptors (Lipinski definition) is 1.